The maximum atomic E-state index is 12.7. The zero-order valence-corrected chi connectivity index (χ0v) is 20.3. The highest BCUT2D eigenvalue weighted by atomic mass is 16.2. The summed E-state index contributed by atoms with van der Waals surface area (Å²) in [6.45, 7) is 9.01. The van der Waals surface area contributed by atoms with E-state index in [0.717, 1.165) is 63.1 Å². The number of anilines is 1. The van der Waals surface area contributed by atoms with Crippen LogP contribution in [0, 0.1) is 6.92 Å². The molecule has 2 heterocycles. The van der Waals surface area contributed by atoms with Crippen molar-refractivity contribution in [1.29, 1.82) is 0 Å². The highest BCUT2D eigenvalue weighted by Gasteiger charge is 2.24. The average Bonchev–Trinajstić information content (AvgIpc) is 2.84. The molecule has 0 spiro atoms. The van der Waals surface area contributed by atoms with Crippen molar-refractivity contribution in [2.24, 2.45) is 5.73 Å². The van der Waals surface area contributed by atoms with E-state index in [1.165, 1.54) is 10.1 Å². The van der Waals surface area contributed by atoms with Gasteiger partial charge in [0, 0.05) is 51.0 Å². The number of nitrogens with one attached hydrogen (secondary N) is 2. The van der Waals surface area contributed by atoms with Crippen LogP contribution in [0.4, 0.5) is 10.6 Å². The van der Waals surface area contributed by atoms with Gasteiger partial charge >= 0.3 is 11.7 Å². The Morgan fingerprint density at radius 3 is 2.59 bits per heavy atom. The van der Waals surface area contributed by atoms with E-state index in [0.29, 0.717) is 25.2 Å². The van der Waals surface area contributed by atoms with Crippen LogP contribution in [0.3, 0.4) is 0 Å². The summed E-state index contributed by atoms with van der Waals surface area (Å²) in [5, 5.41) is 5.95. The molecule has 2 fully saturated rings. The van der Waals surface area contributed by atoms with Crippen LogP contribution in [-0.2, 0) is 6.54 Å². The molecule has 4 rings (SSSR count). The van der Waals surface area contributed by atoms with Gasteiger partial charge in [-0.2, -0.15) is 4.98 Å². The normalized spacial score (nSPS) is 21.0. The summed E-state index contributed by atoms with van der Waals surface area (Å²) in [5.41, 5.74) is 8.85. The van der Waals surface area contributed by atoms with Crippen LogP contribution >= 0.6 is 0 Å². The fourth-order valence-electron chi connectivity index (χ4n) is 4.92. The number of aryl methyl sites for hydroxylation is 1. The Balaban J connectivity index is 1.43. The number of carbonyl (C=O) groups excluding carboxylic acids is 1. The third-order valence-electron chi connectivity index (χ3n) is 7.08. The minimum Gasteiger partial charge on any atom is -0.328 e. The predicted octanol–water partition coefficient (Wildman–Crippen LogP) is 2.07. The molecular weight excluding hydrogens is 430 g/mol. The summed E-state index contributed by atoms with van der Waals surface area (Å²) < 4.78 is 1.51. The van der Waals surface area contributed by atoms with E-state index >= 15 is 0 Å². The number of nitrogens with zero attached hydrogens (tertiary/aromatic N) is 4. The molecule has 34 heavy (non-hydrogen) atoms. The Morgan fingerprint density at radius 2 is 1.94 bits per heavy atom. The monoisotopic (exact) mass is 467 g/mol. The van der Waals surface area contributed by atoms with Gasteiger partial charge in [-0.3, -0.25) is 14.8 Å². The van der Waals surface area contributed by atoms with Gasteiger partial charge in [-0.1, -0.05) is 13.0 Å². The lowest BCUT2D eigenvalue weighted by Gasteiger charge is -2.35. The molecule has 9 nitrogen and oxygen atoms in total. The molecule has 1 aromatic carbocycles. The molecule has 4 N–H and O–H groups in total. The molecule has 1 aliphatic carbocycles. The average molecular weight is 468 g/mol. The maximum absolute atomic E-state index is 12.7. The lowest BCUT2D eigenvalue weighted by atomic mass is 9.90. The first-order valence-electron chi connectivity index (χ1n) is 12.4. The number of urea groups is 1. The van der Waals surface area contributed by atoms with E-state index < -0.39 is 5.69 Å². The number of hydrogen-bond acceptors (Lipinski definition) is 6. The number of benzene rings is 1. The van der Waals surface area contributed by atoms with Gasteiger partial charge in [0.2, 0.25) is 0 Å². The van der Waals surface area contributed by atoms with Crippen molar-refractivity contribution in [3.05, 3.63) is 52.1 Å². The molecule has 184 valence electrons. The number of nitrogens with two attached hydrogens (primary N) is 1. The minimum atomic E-state index is -0.418. The Morgan fingerprint density at radius 1 is 1.21 bits per heavy atom. The summed E-state index contributed by atoms with van der Waals surface area (Å²) >= 11 is 0. The lowest BCUT2D eigenvalue weighted by Crippen LogP contribution is -2.48. The van der Waals surface area contributed by atoms with Crippen molar-refractivity contribution < 1.29 is 4.79 Å². The Hall–Kier alpha value is -2.75. The smallest absolute Gasteiger partial charge is 0.328 e. The van der Waals surface area contributed by atoms with Crippen molar-refractivity contribution in [3.8, 4) is 5.69 Å². The zero-order chi connectivity index (χ0) is 24.1. The molecule has 0 atom stereocenters. The molecule has 1 saturated heterocycles. The molecule has 0 radical (unpaired) electrons. The van der Waals surface area contributed by atoms with Gasteiger partial charge in [0.15, 0.2) is 0 Å². The SMILES string of the molecule is CCN(Cc1ccc(-n2ccc(NC(=O)N3CCNCC3)nc2=O)cc1C)C1CCC(N)CC1. The second kappa shape index (κ2) is 11.1. The first kappa shape index (κ1) is 24.4. The second-order valence-electron chi connectivity index (χ2n) is 9.38. The molecule has 0 bridgehead atoms. The van der Waals surface area contributed by atoms with Crippen molar-refractivity contribution in [2.45, 2.75) is 58.2 Å². The third kappa shape index (κ3) is 5.84. The van der Waals surface area contributed by atoms with Gasteiger partial charge in [-0.25, -0.2) is 9.59 Å². The number of piperazine rings is 1. The largest absolute Gasteiger partial charge is 0.354 e. The quantitative estimate of drug-likeness (QED) is 0.600. The van der Waals surface area contributed by atoms with Crippen LogP contribution in [-0.4, -0.2) is 70.2 Å². The second-order valence-corrected chi connectivity index (χ2v) is 9.38. The number of hydrogen-bond donors (Lipinski definition) is 3. The van der Waals surface area contributed by atoms with Gasteiger partial charge in [0.1, 0.15) is 5.82 Å². The number of amides is 2. The van der Waals surface area contributed by atoms with Crippen molar-refractivity contribution in [2.75, 3.05) is 38.0 Å². The summed E-state index contributed by atoms with van der Waals surface area (Å²) in [4.78, 5) is 33.4. The molecule has 0 unspecified atom stereocenters. The van der Waals surface area contributed by atoms with E-state index in [2.05, 4.69) is 40.4 Å². The predicted molar refractivity (Wildman–Crippen MR) is 134 cm³/mol. The van der Waals surface area contributed by atoms with Crippen LogP contribution in [0.5, 0.6) is 0 Å². The first-order valence-corrected chi connectivity index (χ1v) is 12.4. The highest BCUT2D eigenvalue weighted by Crippen LogP contribution is 2.25. The molecule has 1 aliphatic heterocycles. The molecule has 2 amide bonds. The fraction of sp³-hybridized carbons (Fsp3) is 0.560. The maximum Gasteiger partial charge on any atom is 0.354 e. The summed E-state index contributed by atoms with van der Waals surface area (Å²) in [7, 11) is 0. The van der Waals surface area contributed by atoms with E-state index in [-0.39, 0.29) is 11.8 Å². The fourth-order valence-corrected chi connectivity index (χ4v) is 4.92. The van der Waals surface area contributed by atoms with Crippen LogP contribution in [0.2, 0.25) is 0 Å². The van der Waals surface area contributed by atoms with Crippen molar-refractivity contribution in [3.63, 3.8) is 0 Å². The molecule has 2 aliphatic rings. The summed E-state index contributed by atoms with van der Waals surface area (Å²) in [5.74, 6) is 0.268. The van der Waals surface area contributed by atoms with Crippen molar-refractivity contribution >= 4 is 11.8 Å². The van der Waals surface area contributed by atoms with Gasteiger partial charge < -0.3 is 16.0 Å². The number of carbonyl (C=O) groups is 1. The van der Waals surface area contributed by atoms with Gasteiger partial charge in [-0.05, 0) is 68.5 Å². The van der Waals surface area contributed by atoms with Gasteiger partial charge in [0.25, 0.3) is 0 Å². The minimum absolute atomic E-state index is 0.230. The third-order valence-corrected chi connectivity index (χ3v) is 7.08. The summed E-state index contributed by atoms with van der Waals surface area (Å²) in [6.07, 6.45) is 6.18. The van der Waals surface area contributed by atoms with E-state index in [1.807, 2.05) is 12.1 Å². The summed E-state index contributed by atoms with van der Waals surface area (Å²) in [6, 6.07) is 8.47. The standard InChI is InChI=1S/C25H37N7O2/c1-3-30(21-8-5-20(26)6-9-21)17-19-4-7-22(16-18(19)2)32-13-10-23(29-25(32)34)28-24(33)31-14-11-27-12-15-31/h4,7,10,13,16,20-21,27H,3,5-6,8-9,11-12,14-15,17,26H2,1-2H3,(H,28,29,33,34). The van der Waals surface area contributed by atoms with Crippen LogP contribution in [0.1, 0.15) is 43.7 Å². The lowest BCUT2D eigenvalue weighted by molar-refractivity contribution is 0.149. The van der Waals surface area contributed by atoms with Gasteiger partial charge in [0.05, 0.1) is 5.69 Å². The zero-order valence-electron chi connectivity index (χ0n) is 20.3. The van der Waals surface area contributed by atoms with Crippen LogP contribution < -0.4 is 22.1 Å². The van der Waals surface area contributed by atoms with E-state index in [1.54, 1.807) is 17.2 Å². The molecule has 1 aromatic heterocycles. The number of rotatable bonds is 6. The molecule has 9 heteroatoms. The Labute approximate surface area is 201 Å². The Bertz CT molecular complexity index is 1040. The van der Waals surface area contributed by atoms with E-state index in [9.17, 15) is 9.59 Å². The topological polar surface area (TPSA) is 109 Å². The van der Waals surface area contributed by atoms with Crippen molar-refractivity contribution in [1.82, 2.24) is 24.7 Å². The first-order chi connectivity index (χ1) is 16.4. The van der Waals surface area contributed by atoms with Crippen LogP contribution in [0.15, 0.2) is 35.3 Å². The van der Waals surface area contributed by atoms with Crippen LogP contribution in [0.25, 0.3) is 5.69 Å². The highest BCUT2D eigenvalue weighted by molar-refractivity contribution is 5.88. The molecule has 1 saturated carbocycles. The van der Waals surface area contributed by atoms with E-state index in [4.69, 9.17) is 5.73 Å². The van der Waals surface area contributed by atoms with Gasteiger partial charge in [-0.15, -0.1) is 0 Å². The molecule has 2 aromatic rings. The molecular formula is C25H37N7O2. The Kier molecular flexibility index (Phi) is 7.97. The number of aromatic nitrogens is 2.